The fourth-order valence-corrected chi connectivity index (χ4v) is 4.06. The van der Waals surface area contributed by atoms with Crippen LogP contribution < -0.4 is 10.2 Å². The van der Waals surface area contributed by atoms with Crippen LogP contribution in [0.4, 0.5) is 11.5 Å². The molecule has 1 saturated heterocycles. The Hall–Kier alpha value is -2.01. The number of likely N-dealkylation sites (N-methyl/N-ethyl adjacent to an activating group) is 1. The van der Waals surface area contributed by atoms with Crippen molar-refractivity contribution in [2.24, 2.45) is 0 Å². The van der Waals surface area contributed by atoms with Crippen LogP contribution in [-0.4, -0.2) is 50.2 Å². The predicted octanol–water partition coefficient (Wildman–Crippen LogP) is 5.00. The number of halogens is 2. The van der Waals surface area contributed by atoms with E-state index in [1.54, 1.807) is 6.07 Å². The number of benzene rings is 2. The molecule has 4 nitrogen and oxygen atoms in total. The third-order valence-electron chi connectivity index (χ3n) is 5.08. The maximum Gasteiger partial charge on any atom is 0.134 e. The molecule has 0 atom stereocenters. The standard InChI is InChI=1S/C21H22Cl2N4/c1-24-21-19(15-9-16(22)12-17(23)10-15)11-14-3-4-18(13-20(14)25-21)27-7-5-26(2)6-8-27/h3-4,9-13H,5-8H2,1-2H3,(H,24,25). The summed E-state index contributed by atoms with van der Waals surface area (Å²) < 4.78 is 0. The van der Waals surface area contributed by atoms with E-state index in [0.29, 0.717) is 10.0 Å². The van der Waals surface area contributed by atoms with Crippen molar-refractivity contribution in [2.45, 2.75) is 0 Å². The number of nitrogens with zero attached hydrogens (tertiary/aromatic N) is 3. The first-order valence-electron chi connectivity index (χ1n) is 9.06. The summed E-state index contributed by atoms with van der Waals surface area (Å²) in [4.78, 5) is 9.65. The van der Waals surface area contributed by atoms with E-state index in [4.69, 9.17) is 28.2 Å². The van der Waals surface area contributed by atoms with Crippen molar-refractivity contribution in [1.29, 1.82) is 0 Å². The lowest BCUT2D eigenvalue weighted by atomic mass is 10.0. The van der Waals surface area contributed by atoms with Gasteiger partial charge in [-0.1, -0.05) is 29.3 Å². The van der Waals surface area contributed by atoms with Crippen molar-refractivity contribution in [3.63, 3.8) is 0 Å². The Morgan fingerprint density at radius 3 is 2.30 bits per heavy atom. The van der Waals surface area contributed by atoms with Crippen LogP contribution in [0.2, 0.25) is 10.0 Å². The molecule has 4 rings (SSSR count). The molecule has 1 N–H and O–H groups in total. The molecule has 6 heteroatoms. The third kappa shape index (κ3) is 3.84. The number of anilines is 2. The Bertz CT molecular complexity index is 961. The number of rotatable bonds is 3. The van der Waals surface area contributed by atoms with Crippen LogP contribution in [0.15, 0.2) is 42.5 Å². The van der Waals surface area contributed by atoms with E-state index in [1.165, 1.54) is 5.69 Å². The normalized spacial score (nSPS) is 15.3. The minimum atomic E-state index is 0.616. The first-order valence-corrected chi connectivity index (χ1v) is 9.81. The summed E-state index contributed by atoms with van der Waals surface area (Å²) in [6.45, 7) is 4.25. The predicted molar refractivity (Wildman–Crippen MR) is 116 cm³/mol. The summed E-state index contributed by atoms with van der Waals surface area (Å²) in [5.74, 6) is 0.816. The molecule has 1 aromatic heterocycles. The lowest BCUT2D eigenvalue weighted by molar-refractivity contribution is 0.313. The van der Waals surface area contributed by atoms with Crippen LogP contribution in [0.3, 0.4) is 0 Å². The molecule has 1 fully saturated rings. The first kappa shape index (κ1) is 18.4. The molecule has 0 amide bonds. The fraction of sp³-hybridized carbons (Fsp3) is 0.286. The van der Waals surface area contributed by atoms with Gasteiger partial charge in [0.1, 0.15) is 5.82 Å². The third-order valence-corrected chi connectivity index (χ3v) is 5.52. The number of fused-ring (bicyclic) bond motifs is 1. The molecule has 0 spiro atoms. The van der Waals surface area contributed by atoms with E-state index < -0.39 is 0 Å². The van der Waals surface area contributed by atoms with Gasteiger partial charge in [-0.3, -0.25) is 0 Å². The summed E-state index contributed by atoms with van der Waals surface area (Å²) in [7, 11) is 4.05. The van der Waals surface area contributed by atoms with Crippen molar-refractivity contribution in [3.05, 3.63) is 52.5 Å². The van der Waals surface area contributed by atoms with Gasteiger partial charge in [-0.25, -0.2) is 4.98 Å². The summed E-state index contributed by atoms with van der Waals surface area (Å²) in [5.41, 5.74) is 4.15. The number of piperazine rings is 1. The SMILES string of the molecule is CNc1nc2cc(N3CCN(C)CC3)ccc2cc1-c1cc(Cl)cc(Cl)c1. The lowest BCUT2D eigenvalue weighted by Gasteiger charge is -2.34. The van der Waals surface area contributed by atoms with Gasteiger partial charge in [-0.2, -0.15) is 0 Å². The van der Waals surface area contributed by atoms with E-state index in [0.717, 1.165) is 54.0 Å². The molecular weight excluding hydrogens is 379 g/mol. The number of hydrogen-bond acceptors (Lipinski definition) is 4. The maximum atomic E-state index is 6.20. The summed E-state index contributed by atoms with van der Waals surface area (Å²) in [6.07, 6.45) is 0. The topological polar surface area (TPSA) is 31.4 Å². The van der Waals surface area contributed by atoms with Gasteiger partial charge in [0.25, 0.3) is 0 Å². The molecule has 2 aromatic carbocycles. The number of nitrogens with one attached hydrogen (secondary N) is 1. The quantitative estimate of drug-likeness (QED) is 0.669. The van der Waals surface area contributed by atoms with E-state index in [9.17, 15) is 0 Å². The highest BCUT2D eigenvalue weighted by atomic mass is 35.5. The average molecular weight is 401 g/mol. The number of pyridine rings is 1. The molecule has 3 aromatic rings. The van der Waals surface area contributed by atoms with Gasteiger partial charge < -0.3 is 15.1 Å². The Kier molecular flexibility index (Phi) is 5.13. The zero-order valence-corrected chi connectivity index (χ0v) is 17.0. The minimum absolute atomic E-state index is 0.616. The van der Waals surface area contributed by atoms with Gasteiger partial charge >= 0.3 is 0 Å². The molecule has 140 valence electrons. The molecular formula is C21H22Cl2N4. The first-order chi connectivity index (χ1) is 13.0. The van der Waals surface area contributed by atoms with E-state index >= 15 is 0 Å². The molecule has 27 heavy (non-hydrogen) atoms. The highest BCUT2D eigenvalue weighted by Gasteiger charge is 2.16. The van der Waals surface area contributed by atoms with Gasteiger partial charge in [-0.05, 0) is 49.0 Å². The molecule has 0 saturated carbocycles. The highest BCUT2D eigenvalue weighted by Crippen LogP contribution is 2.34. The molecule has 0 radical (unpaired) electrons. The van der Waals surface area contributed by atoms with E-state index in [2.05, 4.69) is 46.4 Å². The number of aromatic nitrogens is 1. The Morgan fingerprint density at radius 1 is 0.926 bits per heavy atom. The molecule has 1 aliphatic heterocycles. The highest BCUT2D eigenvalue weighted by molar-refractivity contribution is 6.35. The van der Waals surface area contributed by atoms with E-state index in [-0.39, 0.29) is 0 Å². The van der Waals surface area contributed by atoms with Gasteiger partial charge in [0.15, 0.2) is 0 Å². The molecule has 0 unspecified atom stereocenters. The van der Waals surface area contributed by atoms with Crippen LogP contribution in [0.1, 0.15) is 0 Å². The molecule has 0 bridgehead atoms. The van der Waals surface area contributed by atoms with Crippen LogP contribution >= 0.6 is 23.2 Å². The lowest BCUT2D eigenvalue weighted by Crippen LogP contribution is -2.44. The maximum absolute atomic E-state index is 6.20. The zero-order chi connectivity index (χ0) is 19.0. The Morgan fingerprint density at radius 2 is 1.63 bits per heavy atom. The molecule has 0 aliphatic carbocycles. The van der Waals surface area contributed by atoms with Gasteiger partial charge in [-0.15, -0.1) is 0 Å². The van der Waals surface area contributed by atoms with Crippen LogP contribution in [0.5, 0.6) is 0 Å². The summed E-state index contributed by atoms with van der Waals surface area (Å²) in [6, 6.07) is 14.2. The van der Waals surface area contributed by atoms with Crippen LogP contribution in [0, 0.1) is 0 Å². The Labute approximate surface area is 169 Å². The van der Waals surface area contributed by atoms with E-state index in [1.807, 2.05) is 19.2 Å². The van der Waals surface area contributed by atoms with Crippen LogP contribution in [0.25, 0.3) is 22.0 Å². The average Bonchev–Trinajstić information content (AvgIpc) is 2.66. The largest absolute Gasteiger partial charge is 0.373 e. The molecule has 1 aliphatic rings. The van der Waals surface area contributed by atoms with Gasteiger partial charge in [0.2, 0.25) is 0 Å². The second-order valence-corrected chi connectivity index (χ2v) is 7.83. The minimum Gasteiger partial charge on any atom is -0.373 e. The van der Waals surface area contributed by atoms with Crippen molar-refractivity contribution >= 4 is 45.6 Å². The number of hydrogen-bond donors (Lipinski definition) is 1. The van der Waals surface area contributed by atoms with Crippen molar-refractivity contribution in [1.82, 2.24) is 9.88 Å². The summed E-state index contributed by atoms with van der Waals surface area (Å²) in [5, 5.41) is 5.54. The Balaban J connectivity index is 1.76. The van der Waals surface area contributed by atoms with Gasteiger partial charge in [0, 0.05) is 59.9 Å². The fourth-order valence-electron chi connectivity index (χ4n) is 3.54. The van der Waals surface area contributed by atoms with Crippen molar-refractivity contribution in [3.8, 4) is 11.1 Å². The van der Waals surface area contributed by atoms with Crippen molar-refractivity contribution < 1.29 is 0 Å². The second kappa shape index (κ2) is 7.55. The smallest absolute Gasteiger partial charge is 0.134 e. The zero-order valence-electron chi connectivity index (χ0n) is 15.5. The van der Waals surface area contributed by atoms with Crippen LogP contribution in [-0.2, 0) is 0 Å². The van der Waals surface area contributed by atoms with Gasteiger partial charge in [0.05, 0.1) is 5.52 Å². The second-order valence-electron chi connectivity index (χ2n) is 6.96. The molecule has 2 heterocycles. The monoisotopic (exact) mass is 400 g/mol. The van der Waals surface area contributed by atoms with Crippen molar-refractivity contribution in [2.75, 3.05) is 50.5 Å². The summed E-state index contributed by atoms with van der Waals surface area (Å²) >= 11 is 12.4.